The summed E-state index contributed by atoms with van der Waals surface area (Å²) in [6.45, 7) is 6.43. The van der Waals surface area contributed by atoms with Gasteiger partial charge in [0.1, 0.15) is 0 Å². The zero-order chi connectivity index (χ0) is 12.3. The van der Waals surface area contributed by atoms with Crippen LogP contribution in [0.15, 0.2) is 0 Å². The van der Waals surface area contributed by atoms with Gasteiger partial charge in [-0.1, -0.05) is 12.8 Å². The van der Waals surface area contributed by atoms with E-state index in [0.29, 0.717) is 6.04 Å². The first-order chi connectivity index (χ1) is 8.16. The van der Waals surface area contributed by atoms with Gasteiger partial charge < -0.3 is 5.11 Å². The van der Waals surface area contributed by atoms with Crippen molar-refractivity contribution in [3.05, 3.63) is 0 Å². The lowest BCUT2D eigenvalue weighted by Crippen LogP contribution is -2.52. The van der Waals surface area contributed by atoms with Crippen LogP contribution >= 0.6 is 0 Å². The highest BCUT2D eigenvalue weighted by Crippen LogP contribution is 2.30. The minimum atomic E-state index is -0.706. The molecule has 98 valence electrons. The molecule has 0 aromatic carbocycles. The molecule has 1 unspecified atom stereocenters. The van der Waals surface area contributed by atoms with E-state index in [2.05, 4.69) is 11.8 Å². The summed E-state index contributed by atoms with van der Waals surface area (Å²) in [4.78, 5) is 15.2. The third-order valence-electron chi connectivity index (χ3n) is 4.42. The predicted octanol–water partition coefficient (Wildman–Crippen LogP) is 1.27. The van der Waals surface area contributed by atoms with E-state index in [1.165, 1.54) is 25.7 Å². The summed E-state index contributed by atoms with van der Waals surface area (Å²) >= 11 is 0. The molecule has 0 spiro atoms. The number of carboxylic acids is 1. The SMILES string of the molecule is CC(C1CCCC1)N1CCN(CC(=O)O)CC1. The third-order valence-corrected chi connectivity index (χ3v) is 4.42. The first kappa shape index (κ1) is 12.8. The molecule has 2 fully saturated rings. The number of hydrogen-bond acceptors (Lipinski definition) is 3. The maximum atomic E-state index is 10.6. The summed E-state index contributed by atoms with van der Waals surface area (Å²) in [7, 11) is 0. The molecule has 2 rings (SSSR count). The van der Waals surface area contributed by atoms with Crippen molar-refractivity contribution in [2.75, 3.05) is 32.7 Å². The first-order valence-electron chi connectivity index (χ1n) is 6.85. The van der Waals surface area contributed by atoms with E-state index >= 15 is 0 Å². The maximum Gasteiger partial charge on any atom is 0.317 e. The minimum absolute atomic E-state index is 0.200. The van der Waals surface area contributed by atoms with Crippen molar-refractivity contribution in [1.82, 2.24) is 9.80 Å². The second kappa shape index (κ2) is 5.83. The Hall–Kier alpha value is -0.610. The lowest BCUT2D eigenvalue weighted by molar-refractivity contribution is -0.138. The van der Waals surface area contributed by atoms with Crippen molar-refractivity contribution in [2.45, 2.75) is 38.6 Å². The van der Waals surface area contributed by atoms with Gasteiger partial charge in [0.2, 0.25) is 0 Å². The van der Waals surface area contributed by atoms with Gasteiger partial charge in [0.25, 0.3) is 0 Å². The van der Waals surface area contributed by atoms with Gasteiger partial charge in [-0.3, -0.25) is 14.6 Å². The van der Waals surface area contributed by atoms with Crippen LogP contribution in [0.5, 0.6) is 0 Å². The molecule has 1 heterocycles. The zero-order valence-corrected chi connectivity index (χ0v) is 10.8. The molecule has 1 N–H and O–H groups in total. The quantitative estimate of drug-likeness (QED) is 0.803. The fourth-order valence-electron chi connectivity index (χ4n) is 3.26. The number of carboxylic acid groups (broad SMARTS) is 1. The van der Waals surface area contributed by atoms with Crippen LogP contribution in [0.2, 0.25) is 0 Å². The fourth-order valence-corrected chi connectivity index (χ4v) is 3.26. The maximum absolute atomic E-state index is 10.6. The van der Waals surface area contributed by atoms with Crippen molar-refractivity contribution < 1.29 is 9.90 Å². The Morgan fingerprint density at radius 2 is 1.82 bits per heavy atom. The molecule has 4 heteroatoms. The second-order valence-electron chi connectivity index (χ2n) is 5.49. The van der Waals surface area contributed by atoms with Crippen LogP contribution in [0.25, 0.3) is 0 Å². The van der Waals surface area contributed by atoms with Crippen LogP contribution in [-0.4, -0.2) is 59.6 Å². The molecule has 1 aliphatic heterocycles. The normalized spacial score (nSPS) is 26.2. The van der Waals surface area contributed by atoms with Gasteiger partial charge >= 0.3 is 5.97 Å². The fraction of sp³-hybridized carbons (Fsp3) is 0.923. The molecular weight excluding hydrogens is 216 g/mol. The first-order valence-corrected chi connectivity index (χ1v) is 6.85. The van der Waals surface area contributed by atoms with Crippen LogP contribution in [0, 0.1) is 5.92 Å². The Morgan fingerprint density at radius 1 is 1.24 bits per heavy atom. The molecule has 0 aromatic rings. The standard InChI is InChI=1S/C13H24N2O2/c1-11(12-4-2-3-5-12)15-8-6-14(7-9-15)10-13(16)17/h11-12H,2-10H2,1H3,(H,16,17). The average molecular weight is 240 g/mol. The molecule has 0 radical (unpaired) electrons. The summed E-state index contributed by atoms with van der Waals surface area (Å²) in [5.41, 5.74) is 0. The Labute approximate surface area is 104 Å². The van der Waals surface area contributed by atoms with E-state index in [0.717, 1.165) is 32.1 Å². The highest BCUT2D eigenvalue weighted by atomic mass is 16.4. The Kier molecular flexibility index (Phi) is 4.40. The van der Waals surface area contributed by atoms with Crippen LogP contribution in [0.4, 0.5) is 0 Å². The zero-order valence-electron chi connectivity index (χ0n) is 10.8. The van der Waals surface area contributed by atoms with E-state index in [-0.39, 0.29) is 6.54 Å². The lowest BCUT2D eigenvalue weighted by atomic mass is 9.97. The Bertz CT molecular complexity index is 256. The van der Waals surface area contributed by atoms with E-state index in [9.17, 15) is 4.79 Å². The summed E-state index contributed by atoms with van der Waals surface area (Å²) in [5.74, 6) is 0.170. The van der Waals surface area contributed by atoms with Gasteiger partial charge in [-0.15, -0.1) is 0 Å². The molecular formula is C13H24N2O2. The van der Waals surface area contributed by atoms with Crippen molar-refractivity contribution in [3.63, 3.8) is 0 Å². The summed E-state index contributed by atoms with van der Waals surface area (Å²) in [6, 6.07) is 0.685. The van der Waals surface area contributed by atoms with E-state index < -0.39 is 5.97 Å². The Balaban J connectivity index is 1.76. The number of aliphatic carboxylic acids is 1. The van der Waals surface area contributed by atoms with Gasteiger partial charge in [0.15, 0.2) is 0 Å². The molecule has 1 atom stereocenters. The van der Waals surface area contributed by atoms with Gasteiger partial charge in [0, 0.05) is 32.2 Å². The van der Waals surface area contributed by atoms with Crippen LogP contribution in [0.3, 0.4) is 0 Å². The monoisotopic (exact) mass is 240 g/mol. The number of piperazine rings is 1. The van der Waals surface area contributed by atoms with Crippen molar-refractivity contribution in [3.8, 4) is 0 Å². The van der Waals surface area contributed by atoms with E-state index in [4.69, 9.17) is 5.11 Å². The van der Waals surface area contributed by atoms with Crippen LogP contribution in [-0.2, 0) is 4.79 Å². The highest BCUT2D eigenvalue weighted by molar-refractivity contribution is 5.69. The number of hydrogen-bond donors (Lipinski definition) is 1. The van der Waals surface area contributed by atoms with Crippen molar-refractivity contribution in [2.24, 2.45) is 5.92 Å². The summed E-state index contributed by atoms with van der Waals surface area (Å²) in [5, 5.41) is 8.76. The van der Waals surface area contributed by atoms with Crippen LogP contribution in [0.1, 0.15) is 32.6 Å². The summed E-state index contributed by atoms with van der Waals surface area (Å²) < 4.78 is 0. The van der Waals surface area contributed by atoms with Crippen molar-refractivity contribution in [1.29, 1.82) is 0 Å². The molecule has 2 aliphatic rings. The molecule has 4 nitrogen and oxygen atoms in total. The molecule has 0 aromatic heterocycles. The highest BCUT2D eigenvalue weighted by Gasteiger charge is 2.28. The van der Waals surface area contributed by atoms with Gasteiger partial charge in [-0.05, 0) is 25.7 Å². The van der Waals surface area contributed by atoms with E-state index in [1.807, 2.05) is 4.90 Å². The molecule has 0 amide bonds. The minimum Gasteiger partial charge on any atom is -0.480 e. The van der Waals surface area contributed by atoms with Gasteiger partial charge in [-0.2, -0.15) is 0 Å². The average Bonchev–Trinajstić information content (AvgIpc) is 2.82. The van der Waals surface area contributed by atoms with Crippen LogP contribution < -0.4 is 0 Å². The molecule has 1 saturated carbocycles. The number of rotatable bonds is 4. The smallest absolute Gasteiger partial charge is 0.317 e. The third kappa shape index (κ3) is 3.42. The topological polar surface area (TPSA) is 43.8 Å². The van der Waals surface area contributed by atoms with Gasteiger partial charge in [0.05, 0.1) is 6.54 Å². The largest absolute Gasteiger partial charge is 0.480 e. The summed E-state index contributed by atoms with van der Waals surface area (Å²) in [6.07, 6.45) is 5.56. The molecule has 0 bridgehead atoms. The van der Waals surface area contributed by atoms with Gasteiger partial charge in [-0.25, -0.2) is 0 Å². The number of nitrogens with zero attached hydrogens (tertiary/aromatic N) is 2. The van der Waals surface area contributed by atoms with E-state index in [1.54, 1.807) is 0 Å². The molecule has 1 aliphatic carbocycles. The Morgan fingerprint density at radius 3 is 2.35 bits per heavy atom. The lowest BCUT2D eigenvalue weighted by Gasteiger charge is -2.39. The van der Waals surface area contributed by atoms with Crippen molar-refractivity contribution >= 4 is 5.97 Å². The second-order valence-corrected chi connectivity index (χ2v) is 5.49. The number of carbonyl (C=O) groups is 1. The predicted molar refractivity (Wildman–Crippen MR) is 67.1 cm³/mol. The molecule has 17 heavy (non-hydrogen) atoms. The molecule has 1 saturated heterocycles.